The van der Waals surface area contributed by atoms with E-state index in [-0.39, 0.29) is 18.3 Å². The second-order valence-electron chi connectivity index (χ2n) is 6.54. The molecule has 0 bridgehead atoms. The van der Waals surface area contributed by atoms with Gasteiger partial charge in [-0.3, -0.25) is 9.89 Å². The van der Waals surface area contributed by atoms with Crippen LogP contribution in [0, 0.1) is 12.7 Å². The normalized spacial score (nSPS) is 14.9. The van der Waals surface area contributed by atoms with Gasteiger partial charge in [-0.2, -0.15) is 5.10 Å². The number of rotatable bonds is 2. The molecule has 0 saturated carbocycles. The molecule has 0 aliphatic carbocycles. The quantitative estimate of drug-likeness (QED) is 0.564. The Morgan fingerprint density at radius 1 is 1.22 bits per heavy atom. The first-order valence-corrected chi connectivity index (χ1v) is 8.60. The monoisotopic (exact) mass is 365 g/mol. The molecule has 8 nitrogen and oxygen atoms in total. The number of carbonyl (C=O) groups excluding carboxylic acids is 1. The maximum Gasteiger partial charge on any atom is 0.239 e. The van der Waals surface area contributed by atoms with Crippen molar-refractivity contribution >= 4 is 33.8 Å². The van der Waals surface area contributed by atoms with Crippen LogP contribution in [0.2, 0.25) is 0 Å². The van der Waals surface area contributed by atoms with Gasteiger partial charge in [0, 0.05) is 18.5 Å². The average molecular weight is 365 g/mol. The molecule has 0 spiro atoms. The Balaban J connectivity index is 1.66. The number of fused-ring (bicyclic) bond motifs is 3. The molecule has 4 heterocycles. The van der Waals surface area contributed by atoms with Crippen LogP contribution in [0.1, 0.15) is 5.69 Å². The van der Waals surface area contributed by atoms with E-state index in [1.54, 1.807) is 18.5 Å². The van der Waals surface area contributed by atoms with Gasteiger partial charge >= 0.3 is 0 Å². The van der Waals surface area contributed by atoms with E-state index in [4.69, 9.17) is 0 Å². The van der Waals surface area contributed by atoms with Crippen molar-refractivity contribution in [1.29, 1.82) is 0 Å². The Morgan fingerprint density at radius 2 is 2.11 bits per heavy atom. The van der Waals surface area contributed by atoms with Crippen LogP contribution in [0.15, 0.2) is 30.6 Å². The van der Waals surface area contributed by atoms with E-state index < -0.39 is 0 Å². The van der Waals surface area contributed by atoms with E-state index in [2.05, 4.69) is 25.5 Å². The predicted octanol–water partition coefficient (Wildman–Crippen LogP) is 1.68. The van der Waals surface area contributed by atoms with Crippen molar-refractivity contribution in [2.75, 3.05) is 24.5 Å². The summed E-state index contributed by atoms with van der Waals surface area (Å²) in [4.78, 5) is 22.6. The van der Waals surface area contributed by atoms with E-state index in [0.717, 1.165) is 33.3 Å². The second kappa shape index (κ2) is 5.76. The molecule has 136 valence electrons. The van der Waals surface area contributed by atoms with Crippen LogP contribution in [-0.2, 0) is 4.79 Å². The third kappa shape index (κ3) is 2.42. The average Bonchev–Trinajstić information content (AvgIpc) is 3.23. The zero-order valence-corrected chi connectivity index (χ0v) is 14.5. The lowest BCUT2D eigenvalue weighted by molar-refractivity contribution is -0.120. The summed E-state index contributed by atoms with van der Waals surface area (Å²) in [5.41, 5.74) is 3.98. The minimum absolute atomic E-state index is 0.0369. The number of anilines is 1. The van der Waals surface area contributed by atoms with Gasteiger partial charge in [0.1, 0.15) is 5.82 Å². The van der Waals surface area contributed by atoms with Crippen molar-refractivity contribution in [2.24, 2.45) is 0 Å². The molecule has 27 heavy (non-hydrogen) atoms. The highest BCUT2D eigenvalue weighted by Gasteiger charge is 2.21. The SMILES string of the molecule is Cc1nc(N2CCNC(=O)C2)ncc1-n1c2ccc(F)cc2c2[nH]ncc21. The number of carbonyl (C=O) groups is 1. The van der Waals surface area contributed by atoms with Gasteiger partial charge < -0.3 is 14.8 Å². The van der Waals surface area contributed by atoms with Crippen molar-refractivity contribution < 1.29 is 9.18 Å². The van der Waals surface area contributed by atoms with Crippen LogP contribution >= 0.6 is 0 Å². The molecule has 5 rings (SSSR count). The number of amides is 1. The highest BCUT2D eigenvalue weighted by molar-refractivity contribution is 6.06. The van der Waals surface area contributed by atoms with Crippen LogP contribution in [-0.4, -0.2) is 50.3 Å². The largest absolute Gasteiger partial charge is 0.353 e. The number of hydrogen-bond donors (Lipinski definition) is 2. The summed E-state index contributed by atoms with van der Waals surface area (Å²) >= 11 is 0. The number of aromatic nitrogens is 5. The van der Waals surface area contributed by atoms with E-state index in [0.29, 0.717) is 19.0 Å². The van der Waals surface area contributed by atoms with Crippen LogP contribution in [0.25, 0.3) is 27.6 Å². The third-order valence-corrected chi connectivity index (χ3v) is 4.83. The Kier molecular flexibility index (Phi) is 3.36. The van der Waals surface area contributed by atoms with Crippen LogP contribution in [0.5, 0.6) is 0 Å². The van der Waals surface area contributed by atoms with Crippen molar-refractivity contribution in [3.05, 3.63) is 42.1 Å². The molecule has 3 aromatic heterocycles. The summed E-state index contributed by atoms with van der Waals surface area (Å²) in [5.74, 6) is 0.185. The number of nitrogens with one attached hydrogen (secondary N) is 2. The van der Waals surface area contributed by atoms with Gasteiger partial charge in [-0.05, 0) is 25.1 Å². The summed E-state index contributed by atoms with van der Waals surface area (Å²) in [5, 5.41) is 10.6. The number of nitrogens with zero attached hydrogens (tertiary/aromatic N) is 5. The molecule has 1 aliphatic heterocycles. The molecule has 1 aliphatic rings. The van der Waals surface area contributed by atoms with Crippen molar-refractivity contribution in [3.8, 4) is 5.69 Å². The van der Waals surface area contributed by atoms with Crippen molar-refractivity contribution in [3.63, 3.8) is 0 Å². The van der Waals surface area contributed by atoms with Crippen molar-refractivity contribution in [1.82, 2.24) is 30.0 Å². The molecular weight excluding hydrogens is 349 g/mol. The van der Waals surface area contributed by atoms with Gasteiger partial charge in [0.05, 0.1) is 46.9 Å². The minimum Gasteiger partial charge on any atom is -0.353 e. The molecule has 4 aromatic rings. The fraction of sp³-hybridized carbons (Fsp3) is 0.222. The van der Waals surface area contributed by atoms with E-state index in [1.165, 1.54) is 12.1 Å². The minimum atomic E-state index is -0.303. The number of benzene rings is 1. The zero-order chi connectivity index (χ0) is 18.5. The van der Waals surface area contributed by atoms with Gasteiger partial charge in [0.25, 0.3) is 0 Å². The molecule has 0 atom stereocenters. The summed E-state index contributed by atoms with van der Waals surface area (Å²) in [7, 11) is 0. The van der Waals surface area contributed by atoms with Gasteiger partial charge in [0.2, 0.25) is 11.9 Å². The predicted molar refractivity (Wildman–Crippen MR) is 98.4 cm³/mol. The molecule has 1 amide bonds. The third-order valence-electron chi connectivity index (χ3n) is 4.83. The molecule has 2 N–H and O–H groups in total. The molecule has 0 unspecified atom stereocenters. The lowest BCUT2D eigenvalue weighted by atomic mass is 10.2. The smallest absolute Gasteiger partial charge is 0.239 e. The van der Waals surface area contributed by atoms with E-state index in [1.807, 2.05) is 16.4 Å². The first-order chi connectivity index (χ1) is 13.1. The lowest BCUT2D eigenvalue weighted by Crippen LogP contribution is -2.48. The van der Waals surface area contributed by atoms with Crippen LogP contribution in [0.3, 0.4) is 0 Å². The molecule has 0 radical (unpaired) electrons. The fourth-order valence-electron chi connectivity index (χ4n) is 3.57. The summed E-state index contributed by atoms with van der Waals surface area (Å²) in [6.45, 7) is 3.39. The van der Waals surface area contributed by atoms with E-state index >= 15 is 0 Å². The second-order valence-corrected chi connectivity index (χ2v) is 6.54. The number of piperazine rings is 1. The van der Waals surface area contributed by atoms with Crippen LogP contribution in [0.4, 0.5) is 10.3 Å². The number of aryl methyl sites for hydroxylation is 1. The number of aromatic amines is 1. The Labute approximate surface area is 153 Å². The molecule has 1 aromatic carbocycles. The molecule has 9 heteroatoms. The van der Waals surface area contributed by atoms with Crippen LogP contribution < -0.4 is 10.2 Å². The van der Waals surface area contributed by atoms with Gasteiger partial charge in [-0.1, -0.05) is 0 Å². The van der Waals surface area contributed by atoms with Gasteiger partial charge in [-0.25, -0.2) is 14.4 Å². The highest BCUT2D eigenvalue weighted by Crippen LogP contribution is 2.31. The maximum atomic E-state index is 13.7. The lowest BCUT2D eigenvalue weighted by Gasteiger charge is -2.27. The molecular formula is C18H16FN7O. The topological polar surface area (TPSA) is 91.7 Å². The van der Waals surface area contributed by atoms with Gasteiger partial charge in [-0.15, -0.1) is 0 Å². The number of hydrogen-bond acceptors (Lipinski definition) is 5. The first kappa shape index (κ1) is 15.7. The standard InChI is InChI=1S/C18H16FN7O/c1-10-14(7-21-18(23-10)25-5-4-20-16(27)9-25)26-13-3-2-11(19)6-12(13)17-15(26)8-22-24-17/h2-3,6-8H,4-5,9H2,1H3,(H,20,27)(H,22,24). The highest BCUT2D eigenvalue weighted by atomic mass is 19.1. The maximum absolute atomic E-state index is 13.7. The Hall–Kier alpha value is -3.49. The Morgan fingerprint density at radius 3 is 2.93 bits per heavy atom. The Bertz CT molecular complexity index is 1200. The van der Waals surface area contributed by atoms with Gasteiger partial charge in [0.15, 0.2) is 0 Å². The first-order valence-electron chi connectivity index (χ1n) is 8.60. The molecule has 1 fully saturated rings. The fourth-order valence-corrected chi connectivity index (χ4v) is 3.57. The summed E-state index contributed by atoms with van der Waals surface area (Å²) < 4.78 is 15.7. The number of halogens is 1. The zero-order valence-electron chi connectivity index (χ0n) is 14.5. The molecule has 1 saturated heterocycles. The number of H-pyrrole nitrogens is 1. The summed E-state index contributed by atoms with van der Waals surface area (Å²) in [6, 6.07) is 4.66. The van der Waals surface area contributed by atoms with E-state index in [9.17, 15) is 9.18 Å². The van der Waals surface area contributed by atoms with Crippen molar-refractivity contribution in [2.45, 2.75) is 6.92 Å². The summed E-state index contributed by atoms with van der Waals surface area (Å²) in [6.07, 6.45) is 3.44.